The fraction of sp³-hybridized carbons (Fsp3) is 0.733. The molecular weight excluding hydrogens is 240 g/mol. The molecule has 2 heterocycles. The van der Waals surface area contributed by atoms with Crippen LogP contribution in [0.3, 0.4) is 0 Å². The van der Waals surface area contributed by atoms with Crippen LogP contribution in [0.4, 0.5) is 0 Å². The highest BCUT2D eigenvalue weighted by Crippen LogP contribution is 2.22. The van der Waals surface area contributed by atoms with Gasteiger partial charge in [0.1, 0.15) is 0 Å². The smallest absolute Gasteiger partial charge is 0.0247 e. The highest BCUT2D eigenvalue weighted by atomic mass is 32.1. The molecule has 0 bridgehead atoms. The zero-order valence-electron chi connectivity index (χ0n) is 11.9. The molecule has 0 aromatic carbocycles. The first-order valence-corrected chi connectivity index (χ1v) is 8.14. The summed E-state index contributed by atoms with van der Waals surface area (Å²) >= 11 is 1.83. The van der Waals surface area contributed by atoms with Gasteiger partial charge in [0.05, 0.1) is 0 Å². The standard InChI is InChI=1S/C15H26N2S/c1-4-6-16-15-5-7-17(13(3)8-15)9-14-11-18-10-12(14)2/h10-11,13,15-16H,4-9H2,1-3H3. The van der Waals surface area contributed by atoms with Gasteiger partial charge in [0.25, 0.3) is 0 Å². The molecule has 0 amide bonds. The van der Waals surface area contributed by atoms with E-state index in [1.54, 1.807) is 0 Å². The molecule has 1 aromatic rings. The van der Waals surface area contributed by atoms with Crippen molar-refractivity contribution < 1.29 is 0 Å². The summed E-state index contributed by atoms with van der Waals surface area (Å²) in [5.74, 6) is 0. The van der Waals surface area contributed by atoms with Crippen LogP contribution in [0.15, 0.2) is 10.8 Å². The lowest BCUT2D eigenvalue weighted by Crippen LogP contribution is -2.47. The fourth-order valence-electron chi connectivity index (χ4n) is 2.76. The van der Waals surface area contributed by atoms with E-state index in [1.807, 2.05) is 11.3 Å². The Hall–Kier alpha value is -0.380. The van der Waals surface area contributed by atoms with Crippen molar-refractivity contribution >= 4 is 11.3 Å². The van der Waals surface area contributed by atoms with Gasteiger partial charge in [-0.3, -0.25) is 4.90 Å². The number of nitrogens with one attached hydrogen (secondary N) is 1. The summed E-state index contributed by atoms with van der Waals surface area (Å²) in [6, 6.07) is 1.44. The van der Waals surface area contributed by atoms with Gasteiger partial charge in [-0.1, -0.05) is 6.92 Å². The van der Waals surface area contributed by atoms with Crippen molar-refractivity contribution in [1.82, 2.24) is 10.2 Å². The minimum atomic E-state index is 0.701. The van der Waals surface area contributed by atoms with E-state index in [4.69, 9.17) is 0 Å². The molecule has 2 atom stereocenters. The Morgan fingerprint density at radius 1 is 1.44 bits per heavy atom. The number of aryl methyl sites for hydroxylation is 1. The van der Waals surface area contributed by atoms with Crippen molar-refractivity contribution in [3.05, 3.63) is 21.9 Å². The molecule has 1 aromatic heterocycles. The Balaban J connectivity index is 1.84. The van der Waals surface area contributed by atoms with Gasteiger partial charge in [-0.25, -0.2) is 0 Å². The number of thiophene rings is 1. The van der Waals surface area contributed by atoms with Crippen molar-refractivity contribution in [3.63, 3.8) is 0 Å². The topological polar surface area (TPSA) is 15.3 Å². The second kappa shape index (κ2) is 6.69. The predicted molar refractivity (Wildman–Crippen MR) is 80.2 cm³/mol. The summed E-state index contributed by atoms with van der Waals surface area (Å²) in [6.45, 7) is 10.4. The van der Waals surface area contributed by atoms with E-state index in [-0.39, 0.29) is 0 Å². The zero-order valence-corrected chi connectivity index (χ0v) is 12.7. The molecular formula is C15H26N2S. The van der Waals surface area contributed by atoms with E-state index in [9.17, 15) is 0 Å². The van der Waals surface area contributed by atoms with Crippen molar-refractivity contribution in [2.24, 2.45) is 0 Å². The monoisotopic (exact) mass is 266 g/mol. The molecule has 2 rings (SSSR count). The predicted octanol–water partition coefficient (Wildman–Crippen LogP) is 3.41. The average Bonchev–Trinajstić information content (AvgIpc) is 2.75. The first-order valence-electron chi connectivity index (χ1n) is 7.19. The molecule has 1 fully saturated rings. The molecule has 0 radical (unpaired) electrons. The van der Waals surface area contributed by atoms with E-state index in [1.165, 1.54) is 43.5 Å². The number of hydrogen-bond donors (Lipinski definition) is 1. The van der Waals surface area contributed by atoms with Crippen LogP contribution in [0, 0.1) is 6.92 Å². The maximum atomic E-state index is 3.67. The van der Waals surface area contributed by atoms with Crippen LogP contribution in [0.1, 0.15) is 44.2 Å². The lowest BCUT2D eigenvalue weighted by atomic mass is 9.97. The van der Waals surface area contributed by atoms with Gasteiger partial charge in [0.2, 0.25) is 0 Å². The number of nitrogens with zero attached hydrogens (tertiary/aromatic N) is 1. The minimum absolute atomic E-state index is 0.701. The number of likely N-dealkylation sites (tertiary alicyclic amines) is 1. The Kier molecular flexibility index (Phi) is 5.22. The van der Waals surface area contributed by atoms with Gasteiger partial charge in [-0.15, -0.1) is 0 Å². The summed E-state index contributed by atoms with van der Waals surface area (Å²) in [6.07, 6.45) is 3.83. The molecule has 1 N–H and O–H groups in total. The number of piperidine rings is 1. The maximum absolute atomic E-state index is 3.67. The van der Waals surface area contributed by atoms with Crippen LogP contribution < -0.4 is 5.32 Å². The lowest BCUT2D eigenvalue weighted by molar-refractivity contribution is 0.128. The normalized spacial score (nSPS) is 25.5. The lowest BCUT2D eigenvalue weighted by Gasteiger charge is -2.38. The highest BCUT2D eigenvalue weighted by molar-refractivity contribution is 7.08. The SMILES string of the molecule is CCCNC1CCN(Cc2cscc2C)C(C)C1. The molecule has 102 valence electrons. The van der Waals surface area contributed by atoms with Crippen LogP contribution in [0.5, 0.6) is 0 Å². The van der Waals surface area contributed by atoms with E-state index in [2.05, 4.69) is 41.7 Å². The Labute approximate surface area is 115 Å². The first kappa shape index (κ1) is 14.0. The third-order valence-corrected chi connectivity index (χ3v) is 4.94. The molecule has 0 aliphatic carbocycles. The molecule has 1 aliphatic heterocycles. The van der Waals surface area contributed by atoms with Crippen molar-refractivity contribution in [1.29, 1.82) is 0 Å². The van der Waals surface area contributed by atoms with Gasteiger partial charge in [-0.2, -0.15) is 11.3 Å². The van der Waals surface area contributed by atoms with E-state index in [0.717, 1.165) is 12.6 Å². The third kappa shape index (κ3) is 3.56. The Morgan fingerprint density at radius 3 is 2.89 bits per heavy atom. The first-order chi connectivity index (χ1) is 8.70. The number of hydrogen-bond acceptors (Lipinski definition) is 3. The molecule has 1 saturated heterocycles. The molecule has 2 unspecified atom stereocenters. The van der Waals surface area contributed by atoms with Crippen molar-refractivity contribution in [3.8, 4) is 0 Å². The summed E-state index contributed by atoms with van der Waals surface area (Å²) < 4.78 is 0. The van der Waals surface area contributed by atoms with Gasteiger partial charge in [0.15, 0.2) is 0 Å². The van der Waals surface area contributed by atoms with Gasteiger partial charge < -0.3 is 5.32 Å². The largest absolute Gasteiger partial charge is 0.314 e. The van der Waals surface area contributed by atoms with Crippen LogP contribution >= 0.6 is 11.3 Å². The minimum Gasteiger partial charge on any atom is -0.314 e. The van der Waals surface area contributed by atoms with E-state index < -0.39 is 0 Å². The Morgan fingerprint density at radius 2 is 2.28 bits per heavy atom. The summed E-state index contributed by atoms with van der Waals surface area (Å²) in [5.41, 5.74) is 2.98. The van der Waals surface area contributed by atoms with Gasteiger partial charge in [0, 0.05) is 25.2 Å². The zero-order chi connectivity index (χ0) is 13.0. The molecule has 1 aliphatic rings. The molecule has 3 heteroatoms. The average molecular weight is 266 g/mol. The number of rotatable bonds is 5. The molecule has 0 saturated carbocycles. The quantitative estimate of drug-likeness (QED) is 0.878. The third-order valence-electron chi connectivity index (χ3n) is 4.03. The summed E-state index contributed by atoms with van der Waals surface area (Å²) in [7, 11) is 0. The highest BCUT2D eigenvalue weighted by Gasteiger charge is 2.25. The molecule has 0 spiro atoms. The molecule has 18 heavy (non-hydrogen) atoms. The van der Waals surface area contributed by atoms with Crippen LogP contribution in [-0.4, -0.2) is 30.1 Å². The fourth-order valence-corrected chi connectivity index (χ4v) is 3.61. The van der Waals surface area contributed by atoms with Crippen LogP contribution in [0.2, 0.25) is 0 Å². The maximum Gasteiger partial charge on any atom is 0.0247 e. The Bertz CT molecular complexity index is 361. The van der Waals surface area contributed by atoms with Crippen LogP contribution in [0.25, 0.3) is 0 Å². The second-order valence-corrected chi connectivity index (χ2v) is 6.32. The van der Waals surface area contributed by atoms with Crippen LogP contribution in [-0.2, 0) is 6.54 Å². The van der Waals surface area contributed by atoms with E-state index >= 15 is 0 Å². The van der Waals surface area contributed by atoms with Gasteiger partial charge in [-0.05, 0) is 61.5 Å². The second-order valence-electron chi connectivity index (χ2n) is 5.57. The van der Waals surface area contributed by atoms with Crippen molar-refractivity contribution in [2.75, 3.05) is 13.1 Å². The van der Waals surface area contributed by atoms with E-state index in [0.29, 0.717) is 6.04 Å². The summed E-state index contributed by atoms with van der Waals surface area (Å²) in [4.78, 5) is 2.64. The molecule has 2 nitrogen and oxygen atoms in total. The summed E-state index contributed by atoms with van der Waals surface area (Å²) in [5, 5.41) is 8.24. The van der Waals surface area contributed by atoms with Gasteiger partial charge >= 0.3 is 0 Å². The van der Waals surface area contributed by atoms with Crippen molar-refractivity contribution in [2.45, 2.75) is 58.7 Å².